The molecule has 9 aromatic rings. The smallest absolute Gasteiger partial charge is 0.238 e. The second kappa shape index (κ2) is 11.2. The Labute approximate surface area is 303 Å². The normalized spacial score (nSPS) is 15.1. The van der Waals surface area contributed by atoms with Crippen molar-refractivity contribution in [1.82, 2.24) is 24.1 Å². The summed E-state index contributed by atoms with van der Waals surface area (Å²) in [6.07, 6.45) is 2.29. The van der Waals surface area contributed by atoms with E-state index in [0.29, 0.717) is 17.6 Å². The van der Waals surface area contributed by atoms with E-state index in [-0.39, 0.29) is 10.8 Å². The van der Waals surface area contributed by atoms with Gasteiger partial charge in [-0.1, -0.05) is 149 Å². The summed E-state index contributed by atoms with van der Waals surface area (Å²) >= 11 is 0. The number of benzene rings is 6. The number of hydrogen-bond acceptors (Lipinski definition) is 3. The minimum Gasteiger partial charge on any atom is -0.307 e. The van der Waals surface area contributed by atoms with Crippen LogP contribution in [0.15, 0.2) is 140 Å². The quantitative estimate of drug-likeness (QED) is 0.187. The molecule has 5 heteroatoms. The molecular formula is C47H39N5. The summed E-state index contributed by atoms with van der Waals surface area (Å²) in [6.45, 7) is 9.66. The predicted octanol–water partition coefficient (Wildman–Crippen LogP) is 11.7. The highest BCUT2D eigenvalue weighted by atomic mass is 15.2. The average molecular weight is 674 g/mol. The molecule has 52 heavy (non-hydrogen) atoms. The van der Waals surface area contributed by atoms with Crippen molar-refractivity contribution in [2.75, 3.05) is 0 Å². The molecule has 0 unspecified atom stereocenters. The zero-order chi connectivity index (χ0) is 35.2. The Hall–Kier alpha value is -6.07. The second-order valence-corrected chi connectivity index (χ2v) is 15.5. The van der Waals surface area contributed by atoms with Crippen LogP contribution in [0.4, 0.5) is 0 Å². The highest BCUT2D eigenvalue weighted by Crippen LogP contribution is 2.50. The van der Waals surface area contributed by atoms with Gasteiger partial charge < -0.3 is 4.57 Å². The third-order valence-corrected chi connectivity index (χ3v) is 11.4. The van der Waals surface area contributed by atoms with Crippen LogP contribution in [0.2, 0.25) is 0 Å². The molecule has 0 fully saturated rings. The largest absolute Gasteiger partial charge is 0.307 e. The molecule has 0 amide bonds. The van der Waals surface area contributed by atoms with E-state index >= 15 is 0 Å². The molecular weight excluding hydrogens is 635 g/mol. The SMILES string of the molecule is CC1(C)CCC(C)(C)c2c(-n3c4ccccc4c4ccc5c6ccccc6n(-c6nc(-c7ccccc7)nc(-c7ccccc7)n6)c5c43)cccc21. The van der Waals surface area contributed by atoms with Crippen molar-refractivity contribution >= 4 is 43.6 Å². The second-order valence-electron chi connectivity index (χ2n) is 15.5. The Morgan fingerprint density at radius 3 is 1.54 bits per heavy atom. The maximum absolute atomic E-state index is 5.28. The maximum atomic E-state index is 5.28. The molecule has 0 spiro atoms. The van der Waals surface area contributed by atoms with Gasteiger partial charge in [0.2, 0.25) is 5.95 Å². The summed E-state index contributed by atoms with van der Waals surface area (Å²) < 4.78 is 4.83. The van der Waals surface area contributed by atoms with Crippen molar-refractivity contribution < 1.29 is 0 Å². The molecule has 0 radical (unpaired) electrons. The van der Waals surface area contributed by atoms with Gasteiger partial charge in [-0.15, -0.1) is 0 Å². The number of para-hydroxylation sites is 2. The fraction of sp³-hybridized carbons (Fsp3) is 0.170. The first kappa shape index (κ1) is 30.7. The van der Waals surface area contributed by atoms with E-state index in [4.69, 9.17) is 15.0 Å². The number of nitrogens with zero attached hydrogens (tertiary/aromatic N) is 5. The van der Waals surface area contributed by atoms with Crippen molar-refractivity contribution in [2.24, 2.45) is 0 Å². The predicted molar refractivity (Wildman–Crippen MR) is 215 cm³/mol. The Kier molecular flexibility index (Phi) is 6.63. The Balaban J connectivity index is 1.39. The van der Waals surface area contributed by atoms with Crippen molar-refractivity contribution in [3.05, 3.63) is 151 Å². The molecule has 0 N–H and O–H groups in total. The van der Waals surface area contributed by atoms with E-state index in [1.807, 2.05) is 36.4 Å². The van der Waals surface area contributed by atoms with Crippen LogP contribution in [0.1, 0.15) is 51.7 Å². The lowest BCUT2D eigenvalue weighted by atomic mass is 9.62. The molecule has 1 aliphatic rings. The van der Waals surface area contributed by atoms with Gasteiger partial charge in [0.1, 0.15) is 0 Å². The van der Waals surface area contributed by atoms with Gasteiger partial charge in [0.25, 0.3) is 0 Å². The fourth-order valence-electron chi connectivity index (χ4n) is 8.74. The summed E-state index contributed by atoms with van der Waals surface area (Å²) in [5.41, 5.74) is 10.6. The van der Waals surface area contributed by atoms with Crippen LogP contribution >= 0.6 is 0 Å². The van der Waals surface area contributed by atoms with Gasteiger partial charge in [-0.3, -0.25) is 4.57 Å². The lowest BCUT2D eigenvalue weighted by molar-refractivity contribution is 0.331. The van der Waals surface area contributed by atoms with Gasteiger partial charge in [0, 0.05) is 32.7 Å². The third-order valence-electron chi connectivity index (χ3n) is 11.4. The van der Waals surface area contributed by atoms with E-state index < -0.39 is 0 Å². The van der Waals surface area contributed by atoms with Crippen LogP contribution < -0.4 is 0 Å². The summed E-state index contributed by atoms with van der Waals surface area (Å²) in [5.74, 6) is 1.88. The zero-order valence-corrected chi connectivity index (χ0v) is 29.9. The molecule has 5 nitrogen and oxygen atoms in total. The summed E-state index contributed by atoms with van der Waals surface area (Å²) in [7, 11) is 0. The highest BCUT2D eigenvalue weighted by molar-refractivity contribution is 6.23. The van der Waals surface area contributed by atoms with E-state index in [0.717, 1.165) is 45.9 Å². The standard InChI is InChI=1S/C47H39N5/c1-46(2)28-29-47(3,4)40-36(46)22-15-25-39(40)51-37-23-13-11-20-32(37)34-26-27-35-33-21-12-14-24-38(33)52(42(35)41(34)51)45-49-43(30-16-7-5-8-17-30)48-44(50-45)31-18-9-6-10-19-31/h5-27H,28-29H2,1-4H3. The molecule has 6 aromatic carbocycles. The number of hydrogen-bond donors (Lipinski definition) is 0. The first-order valence-corrected chi connectivity index (χ1v) is 18.3. The fourth-order valence-corrected chi connectivity index (χ4v) is 8.74. The first-order chi connectivity index (χ1) is 25.3. The summed E-state index contributed by atoms with van der Waals surface area (Å²) in [4.78, 5) is 15.6. The van der Waals surface area contributed by atoms with Gasteiger partial charge in [0.05, 0.1) is 27.8 Å². The van der Waals surface area contributed by atoms with Crippen LogP contribution in [0.5, 0.6) is 0 Å². The molecule has 0 bridgehead atoms. The van der Waals surface area contributed by atoms with Crippen LogP contribution in [0, 0.1) is 0 Å². The molecule has 10 rings (SSSR count). The number of aromatic nitrogens is 5. The van der Waals surface area contributed by atoms with Crippen molar-refractivity contribution in [2.45, 2.75) is 51.4 Å². The monoisotopic (exact) mass is 673 g/mol. The molecule has 0 saturated carbocycles. The van der Waals surface area contributed by atoms with Gasteiger partial charge in [-0.25, -0.2) is 4.98 Å². The van der Waals surface area contributed by atoms with Crippen LogP contribution in [0.25, 0.3) is 78.0 Å². The maximum Gasteiger partial charge on any atom is 0.238 e. The molecule has 3 heterocycles. The van der Waals surface area contributed by atoms with Crippen molar-refractivity contribution in [1.29, 1.82) is 0 Å². The summed E-state index contributed by atoms with van der Waals surface area (Å²) in [6, 6.07) is 49.5. The highest BCUT2D eigenvalue weighted by Gasteiger charge is 2.39. The molecule has 0 aliphatic heterocycles. The van der Waals surface area contributed by atoms with Gasteiger partial charge in [-0.05, 0) is 53.0 Å². The van der Waals surface area contributed by atoms with Gasteiger partial charge >= 0.3 is 0 Å². The van der Waals surface area contributed by atoms with E-state index in [1.54, 1.807) is 0 Å². The Morgan fingerprint density at radius 2 is 0.942 bits per heavy atom. The van der Waals surface area contributed by atoms with Crippen molar-refractivity contribution in [3.63, 3.8) is 0 Å². The number of rotatable bonds is 4. The minimum absolute atomic E-state index is 0.00310. The van der Waals surface area contributed by atoms with Gasteiger partial charge in [-0.2, -0.15) is 9.97 Å². The topological polar surface area (TPSA) is 48.5 Å². The van der Waals surface area contributed by atoms with Crippen LogP contribution in [-0.4, -0.2) is 24.1 Å². The van der Waals surface area contributed by atoms with Gasteiger partial charge in [0.15, 0.2) is 11.6 Å². The third kappa shape index (κ3) is 4.51. The van der Waals surface area contributed by atoms with E-state index in [1.165, 1.54) is 38.5 Å². The molecule has 3 aromatic heterocycles. The first-order valence-electron chi connectivity index (χ1n) is 18.3. The van der Waals surface area contributed by atoms with Crippen molar-refractivity contribution in [3.8, 4) is 34.4 Å². The lowest BCUT2D eigenvalue weighted by Gasteiger charge is -2.43. The lowest BCUT2D eigenvalue weighted by Crippen LogP contribution is -2.35. The minimum atomic E-state index is 0.00310. The Morgan fingerprint density at radius 1 is 0.442 bits per heavy atom. The number of fused-ring (bicyclic) bond motifs is 8. The molecule has 0 atom stereocenters. The average Bonchev–Trinajstić information content (AvgIpc) is 3.70. The zero-order valence-electron chi connectivity index (χ0n) is 29.9. The molecule has 252 valence electrons. The van der Waals surface area contributed by atoms with Crippen LogP contribution in [0.3, 0.4) is 0 Å². The van der Waals surface area contributed by atoms with Crippen LogP contribution in [-0.2, 0) is 10.8 Å². The summed E-state index contributed by atoms with van der Waals surface area (Å²) in [5, 5.41) is 4.76. The Bertz CT molecular complexity index is 2780. The van der Waals surface area contributed by atoms with E-state index in [2.05, 4.69) is 140 Å². The molecule has 0 saturated heterocycles. The van der Waals surface area contributed by atoms with E-state index in [9.17, 15) is 0 Å². The molecule has 1 aliphatic carbocycles.